The molecule has 2 aromatic carbocycles. The van der Waals surface area contributed by atoms with Gasteiger partial charge in [0.05, 0.1) is 17.6 Å². The molecule has 0 saturated carbocycles. The van der Waals surface area contributed by atoms with Gasteiger partial charge in [0.25, 0.3) is 0 Å². The summed E-state index contributed by atoms with van der Waals surface area (Å²) in [7, 11) is 0. The van der Waals surface area contributed by atoms with Gasteiger partial charge in [-0.15, -0.1) is 10.2 Å². The Morgan fingerprint density at radius 2 is 1.84 bits per heavy atom. The van der Waals surface area contributed by atoms with Crippen molar-refractivity contribution in [2.75, 3.05) is 6.61 Å². The van der Waals surface area contributed by atoms with Gasteiger partial charge in [0, 0.05) is 10.8 Å². The minimum absolute atomic E-state index is 0.110. The zero-order valence-corrected chi connectivity index (χ0v) is 18.0. The molecular weight excluding hydrogens is 392 g/mol. The first-order chi connectivity index (χ1) is 14.9. The number of nitrogens with zero attached hydrogens (tertiary/aromatic N) is 4. The molecule has 7 heteroatoms. The first-order valence-electron chi connectivity index (χ1n) is 10.2. The van der Waals surface area contributed by atoms with E-state index in [0.29, 0.717) is 22.4 Å². The zero-order valence-electron chi connectivity index (χ0n) is 18.0. The Hall–Kier alpha value is -3.74. The number of carbonyl (C=O) groups is 1. The quantitative estimate of drug-likeness (QED) is 0.329. The minimum atomic E-state index is -0.431. The van der Waals surface area contributed by atoms with E-state index < -0.39 is 5.97 Å². The summed E-state index contributed by atoms with van der Waals surface area (Å²) in [6.45, 7) is 8.02. The Morgan fingerprint density at radius 3 is 2.61 bits per heavy atom. The van der Waals surface area contributed by atoms with Gasteiger partial charge >= 0.3 is 5.97 Å². The molecule has 0 unspecified atom stereocenters. The summed E-state index contributed by atoms with van der Waals surface area (Å²) in [5, 5.41) is 21.2. The fraction of sp³-hybridized carbons (Fsp3) is 0.250. The Kier molecular flexibility index (Phi) is 5.42. The van der Waals surface area contributed by atoms with Crippen LogP contribution in [0.2, 0.25) is 0 Å². The van der Waals surface area contributed by atoms with Crippen LogP contribution in [0.15, 0.2) is 52.7 Å². The Morgan fingerprint density at radius 1 is 1.06 bits per heavy atom. The molecule has 0 aliphatic heterocycles. The number of aromatic hydroxyl groups is 1. The van der Waals surface area contributed by atoms with Crippen LogP contribution in [0.25, 0.3) is 21.8 Å². The maximum absolute atomic E-state index is 12.0. The molecule has 7 nitrogen and oxygen atoms in total. The van der Waals surface area contributed by atoms with Gasteiger partial charge in [-0.25, -0.2) is 4.98 Å². The number of aromatic nitrogens is 2. The van der Waals surface area contributed by atoms with Gasteiger partial charge in [0.15, 0.2) is 11.5 Å². The van der Waals surface area contributed by atoms with Crippen LogP contribution in [-0.2, 0) is 16.1 Å². The maximum Gasteiger partial charge on any atom is 0.326 e. The molecule has 0 radical (unpaired) electrons. The van der Waals surface area contributed by atoms with Gasteiger partial charge in [-0.1, -0.05) is 30.3 Å². The summed E-state index contributed by atoms with van der Waals surface area (Å²) in [6.07, 6.45) is 0. The fourth-order valence-corrected chi connectivity index (χ4v) is 3.70. The zero-order chi connectivity index (χ0) is 22.1. The standard InChI is InChI=1S/C24H24N4O3/c1-5-31-21(29)13-28-19-9-7-6-8-18(19)23(24(28)30)27-26-20-12-15(3)17-11-10-14(2)16(4)22(17)25-20/h6-12,30H,5,13H2,1-4H3. The molecule has 2 aromatic heterocycles. The number of hydrogen-bond acceptors (Lipinski definition) is 6. The number of fused-ring (bicyclic) bond motifs is 2. The molecule has 4 rings (SSSR count). The number of carbonyl (C=O) groups excluding carboxylic acids is 1. The monoisotopic (exact) mass is 416 g/mol. The number of aryl methyl sites for hydroxylation is 3. The Bertz CT molecular complexity index is 1340. The van der Waals surface area contributed by atoms with Crippen molar-refractivity contribution in [1.29, 1.82) is 0 Å². The number of benzene rings is 2. The Labute approximate surface area is 180 Å². The molecule has 0 bridgehead atoms. The molecule has 2 heterocycles. The number of rotatable bonds is 5. The minimum Gasteiger partial charge on any atom is -0.493 e. The van der Waals surface area contributed by atoms with E-state index in [1.54, 1.807) is 6.92 Å². The third kappa shape index (κ3) is 3.74. The second-order valence-electron chi connectivity index (χ2n) is 7.48. The lowest BCUT2D eigenvalue weighted by atomic mass is 10.0. The van der Waals surface area contributed by atoms with E-state index in [0.717, 1.165) is 27.6 Å². The lowest BCUT2D eigenvalue weighted by Gasteiger charge is -2.08. The van der Waals surface area contributed by atoms with Gasteiger partial charge in [0.2, 0.25) is 5.88 Å². The molecule has 0 aliphatic carbocycles. The van der Waals surface area contributed by atoms with Crippen molar-refractivity contribution >= 4 is 39.3 Å². The van der Waals surface area contributed by atoms with Crippen molar-refractivity contribution in [3.8, 4) is 5.88 Å². The van der Waals surface area contributed by atoms with Crippen LogP contribution in [-0.4, -0.2) is 27.2 Å². The summed E-state index contributed by atoms with van der Waals surface area (Å²) < 4.78 is 6.51. The molecule has 0 aliphatic rings. The van der Waals surface area contributed by atoms with E-state index >= 15 is 0 Å². The molecule has 0 saturated heterocycles. The topological polar surface area (TPSA) is 89.1 Å². The average molecular weight is 416 g/mol. The van der Waals surface area contributed by atoms with E-state index in [2.05, 4.69) is 34.3 Å². The molecule has 31 heavy (non-hydrogen) atoms. The van der Waals surface area contributed by atoms with Crippen molar-refractivity contribution in [2.45, 2.75) is 34.2 Å². The Balaban J connectivity index is 1.79. The average Bonchev–Trinajstić information content (AvgIpc) is 3.01. The molecule has 0 amide bonds. The van der Waals surface area contributed by atoms with Crippen molar-refractivity contribution in [1.82, 2.24) is 9.55 Å². The summed E-state index contributed by atoms with van der Waals surface area (Å²) in [4.78, 5) is 16.7. The van der Waals surface area contributed by atoms with Crippen molar-refractivity contribution in [3.63, 3.8) is 0 Å². The first-order valence-corrected chi connectivity index (χ1v) is 10.2. The summed E-state index contributed by atoms with van der Waals surface area (Å²) in [5.41, 5.74) is 5.18. The molecule has 0 spiro atoms. The highest BCUT2D eigenvalue weighted by molar-refractivity contribution is 5.96. The number of para-hydroxylation sites is 1. The maximum atomic E-state index is 12.0. The van der Waals surface area contributed by atoms with Crippen LogP contribution in [0.1, 0.15) is 23.6 Å². The number of azo groups is 1. The molecule has 158 valence electrons. The highest BCUT2D eigenvalue weighted by Gasteiger charge is 2.19. The van der Waals surface area contributed by atoms with Crippen molar-refractivity contribution < 1.29 is 14.6 Å². The summed E-state index contributed by atoms with van der Waals surface area (Å²) in [5.74, 6) is -0.109. The molecule has 1 N–H and O–H groups in total. The van der Waals surface area contributed by atoms with Gasteiger partial charge in [0.1, 0.15) is 6.54 Å². The van der Waals surface area contributed by atoms with Gasteiger partial charge in [-0.05, 0) is 56.5 Å². The van der Waals surface area contributed by atoms with E-state index in [1.165, 1.54) is 4.57 Å². The lowest BCUT2D eigenvalue weighted by molar-refractivity contribution is -0.143. The molecule has 4 aromatic rings. The predicted molar refractivity (Wildman–Crippen MR) is 120 cm³/mol. The van der Waals surface area contributed by atoms with Crippen LogP contribution in [0, 0.1) is 20.8 Å². The van der Waals surface area contributed by atoms with Crippen molar-refractivity contribution in [3.05, 3.63) is 59.2 Å². The number of hydrogen-bond donors (Lipinski definition) is 1. The second-order valence-corrected chi connectivity index (χ2v) is 7.48. The SMILES string of the molecule is CCOC(=O)Cn1c(O)c(N=Nc2cc(C)c3ccc(C)c(C)c3n2)c2ccccc21. The summed E-state index contributed by atoms with van der Waals surface area (Å²) in [6, 6.07) is 13.4. The fourth-order valence-electron chi connectivity index (χ4n) is 3.70. The van der Waals surface area contributed by atoms with Crippen LogP contribution < -0.4 is 0 Å². The highest BCUT2D eigenvalue weighted by Crippen LogP contribution is 2.39. The van der Waals surface area contributed by atoms with E-state index in [9.17, 15) is 9.90 Å². The van der Waals surface area contributed by atoms with E-state index in [-0.39, 0.29) is 19.0 Å². The first kappa shape index (κ1) is 20.5. The van der Waals surface area contributed by atoms with Gasteiger partial charge < -0.3 is 9.84 Å². The van der Waals surface area contributed by atoms with Crippen LogP contribution in [0.5, 0.6) is 5.88 Å². The second kappa shape index (κ2) is 8.18. The van der Waals surface area contributed by atoms with Crippen LogP contribution in [0.4, 0.5) is 11.5 Å². The smallest absolute Gasteiger partial charge is 0.326 e. The number of esters is 1. The van der Waals surface area contributed by atoms with Crippen LogP contribution in [0.3, 0.4) is 0 Å². The normalized spacial score (nSPS) is 11.6. The van der Waals surface area contributed by atoms with E-state index in [1.807, 2.05) is 44.2 Å². The molecular formula is C24H24N4O3. The van der Waals surface area contributed by atoms with Crippen molar-refractivity contribution in [2.24, 2.45) is 10.2 Å². The third-order valence-electron chi connectivity index (χ3n) is 5.46. The van der Waals surface area contributed by atoms with E-state index in [4.69, 9.17) is 4.74 Å². The van der Waals surface area contributed by atoms with Gasteiger partial charge in [-0.3, -0.25) is 9.36 Å². The van der Waals surface area contributed by atoms with Gasteiger partial charge in [-0.2, -0.15) is 0 Å². The van der Waals surface area contributed by atoms with Crippen LogP contribution >= 0.6 is 0 Å². The predicted octanol–water partition coefficient (Wildman–Crippen LogP) is 5.80. The third-order valence-corrected chi connectivity index (χ3v) is 5.46. The number of ether oxygens (including phenoxy) is 1. The molecule has 0 fully saturated rings. The lowest BCUT2D eigenvalue weighted by Crippen LogP contribution is -2.12. The summed E-state index contributed by atoms with van der Waals surface area (Å²) >= 11 is 0. The number of pyridine rings is 1. The highest BCUT2D eigenvalue weighted by atomic mass is 16.5. The largest absolute Gasteiger partial charge is 0.493 e. The molecule has 0 atom stereocenters.